The largest absolute Gasteiger partial charge is 0.378 e. The third-order valence-electron chi connectivity index (χ3n) is 6.45. The van der Waals surface area contributed by atoms with Crippen LogP contribution < -0.4 is 15.8 Å². The number of fused-ring (bicyclic) bond motifs is 1. The van der Waals surface area contributed by atoms with Crippen LogP contribution >= 0.6 is 0 Å². The maximum atomic E-state index is 13.7. The van der Waals surface area contributed by atoms with Crippen LogP contribution in [0.4, 0.5) is 5.95 Å². The van der Waals surface area contributed by atoms with Crippen LogP contribution in [0.3, 0.4) is 0 Å². The number of ether oxygens (including phenoxy) is 1. The standard InChI is InChI=1S/C28H28N4O3/c1-19-8-10-23(16-20(19)2)32-27(34)24-11-9-22(26(33)29-18-21-6-4-3-5-7-21)17-25(24)30-28(32)31-12-14-35-15-13-31/h3-11,16-17H,12-15,18H2,1-2H3,(H,29,33). The minimum absolute atomic E-state index is 0.156. The maximum Gasteiger partial charge on any atom is 0.267 e. The van der Waals surface area contributed by atoms with Gasteiger partial charge in [0.1, 0.15) is 0 Å². The molecule has 3 aromatic carbocycles. The van der Waals surface area contributed by atoms with Gasteiger partial charge in [-0.1, -0.05) is 36.4 Å². The third-order valence-corrected chi connectivity index (χ3v) is 6.45. The summed E-state index contributed by atoms with van der Waals surface area (Å²) in [5, 5.41) is 3.42. The Labute approximate surface area is 204 Å². The second-order valence-electron chi connectivity index (χ2n) is 8.82. The van der Waals surface area contributed by atoms with Crippen LogP contribution in [0.1, 0.15) is 27.0 Å². The number of nitrogens with one attached hydrogen (secondary N) is 1. The number of carbonyl (C=O) groups excluding carboxylic acids is 1. The molecule has 7 heteroatoms. The van der Waals surface area contributed by atoms with Gasteiger partial charge in [-0.05, 0) is 60.9 Å². The number of carbonyl (C=O) groups is 1. The van der Waals surface area contributed by atoms with Crippen molar-refractivity contribution in [2.24, 2.45) is 0 Å². The number of aryl methyl sites for hydroxylation is 2. The Hall–Kier alpha value is -3.97. The average molecular weight is 469 g/mol. The van der Waals surface area contributed by atoms with Gasteiger partial charge in [-0.2, -0.15) is 0 Å². The molecule has 5 rings (SSSR count). The number of morpholine rings is 1. The molecule has 0 bridgehead atoms. The lowest BCUT2D eigenvalue weighted by atomic mass is 10.1. The van der Waals surface area contributed by atoms with E-state index in [4.69, 9.17) is 9.72 Å². The number of anilines is 1. The minimum atomic E-state index is -0.205. The monoisotopic (exact) mass is 468 g/mol. The lowest BCUT2D eigenvalue weighted by Gasteiger charge is -2.30. The van der Waals surface area contributed by atoms with Gasteiger partial charge in [0.2, 0.25) is 5.95 Å². The zero-order chi connectivity index (χ0) is 24.4. The Bertz CT molecular complexity index is 1440. The molecule has 35 heavy (non-hydrogen) atoms. The Kier molecular flexibility index (Phi) is 6.33. The first kappa shape index (κ1) is 22.8. The summed E-state index contributed by atoms with van der Waals surface area (Å²) in [5.74, 6) is 0.361. The first-order valence-electron chi connectivity index (χ1n) is 11.8. The van der Waals surface area contributed by atoms with E-state index in [1.807, 2.05) is 62.4 Å². The summed E-state index contributed by atoms with van der Waals surface area (Å²) < 4.78 is 7.20. The van der Waals surface area contributed by atoms with Crippen LogP contribution in [-0.4, -0.2) is 41.8 Å². The van der Waals surface area contributed by atoms with Gasteiger partial charge < -0.3 is 15.0 Å². The molecule has 4 aromatic rings. The minimum Gasteiger partial charge on any atom is -0.378 e. The SMILES string of the molecule is Cc1ccc(-n2c(N3CCOCC3)nc3cc(C(=O)NCc4ccccc4)ccc3c2=O)cc1C. The summed E-state index contributed by atoms with van der Waals surface area (Å²) in [6.45, 7) is 6.94. The van der Waals surface area contributed by atoms with Crippen molar-refractivity contribution in [3.8, 4) is 5.69 Å². The van der Waals surface area contributed by atoms with E-state index in [-0.39, 0.29) is 11.5 Å². The van der Waals surface area contributed by atoms with Gasteiger partial charge in [-0.3, -0.25) is 9.59 Å². The van der Waals surface area contributed by atoms with Crippen LogP contribution in [0.2, 0.25) is 0 Å². The molecule has 178 valence electrons. The average Bonchev–Trinajstić information content (AvgIpc) is 2.89. The van der Waals surface area contributed by atoms with E-state index in [1.54, 1.807) is 22.8 Å². The summed E-state index contributed by atoms with van der Waals surface area (Å²) in [6.07, 6.45) is 0. The van der Waals surface area contributed by atoms with Gasteiger partial charge in [-0.25, -0.2) is 9.55 Å². The molecular weight excluding hydrogens is 440 g/mol. The molecule has 0 aliphatic carbocycles. The van der Waals surface area contributed by atoms with Crippen molar-refractivity contribution in [3.63, 3.8) is 0 Å². The van der Waals surface area contributed by atoms with Crippen molar-refractivity contribution in [1.82, 2.24) is 14.9 Å². The van der Waals surface area contributed by atoms with Crippen LogP contribution in [0.15, 0.2) is 71.5 Å². The van der Waals surface area contributed by atoms with Crippen molar-refractivity contribution in [2.75, 3.05) is 31.2 Å². The summed E-state index contributed by atoms with van der Waals surface area (Å²) in [4.78, 5) is 33.6. The molecule has 0 unspecified atom stereocenters. The Morgan fingerprint density at radius 1 is 0.971 bits per heavy atom. The lowest BCUT2D eigenvalue weighted by Crippen LogP contribution is -2.40. The first-order valence-corrected chi connectivity index (χ1v) is 11.8. The Morgan fingerprint density at radius 2 is 1.74 bits per heavy atom. The van der Waals surface area contributed by atoms with Gasteiger partial charge >= 0.3 is 0 Å². The third kappa shape index (κ3) is 4.68. The van der Waals surface area contributed by atoms with Gasteiger partial charge in [0, 0.05) is 25.2 Å². The van der Waals surface area contributed by atoms with Crippen molar-refractivity contribution < 1.29 is 9.53 Å². The van der Waals surface area contributed by atoms with Crippen LogP contribution in [0.25, 0.3) is 16.6 Å². The van der Waals surface area contributed by atoms with Crippen molar-refractivity contribution in [3.05, 3.63) is 99.3 Å². The lowest BCUT2D eigenvalue weighted by molar-refractivity contribution is 0.0951. The molecule has 0 spiro atoms. The van der Waals surface area contributed by atoms with Gasteiger partial charge in [-0.15, -0.1) is 0 Å². The Morgan fingerprint density at radius 3 is 2.49 bits per heavy atom. The van der Waals surface area contributed by atoms with E-state index >= 15 is 0 Å². The molecule has 0 radical (unpaired) electrons. The van der Waals surface area contributed by atoms with Gasteiger partial charge in [0.15, 0.2) is 0 Å². The number of nitrogens with zero attached hydrogens (tertiary/aromatic N) is 3. The van der Waals surface area contributed by atoms with E-state index in [2.05, 4.69) is 10.2 Å². The fourth-order valence-electron chi connectivity index (χ4n) is 4.27. The second kappa shape index (κ2) is 9.72. The van der Waals surface area contributed by atoms with E-state index in [9.17, 15) is 9.59 Å². The number of rotatable bonds is 5. The molecule has 0 atom stereocenters. The topological polar surface area (TPSA) is 76.5 Å². The molecule has 1 aromatic heterocycles. The molecule has 7 nitrogen and oxygen atoms in total. The predicted octanol–water partition coefficient (Wildman–Crippen LogP) is 3.77. The highest BCUT2D eigenvalue weighted by Crippen LogP contribution is 2.23. The van der Waals surface area contributed by atoms with Crippen LogP contribution in [0.5, 0.6) is 0 Å². The Balaban J connectivity index is 1.57. The normalized spacial score (nSPS) is 13.7. The molecule has 0 saturated carbocycles. The number of benzene rings is 3. The van der Waals surface area contributed by atoms with Crippen molar-refractivity contribution >= 4 is 22.8 Å². The highest BCUT2D eigenvalue weighted by atomic mass is 16.5. The molecule has 1 aliphatic heterocycles. The fraction of sp³-hybridized carbons (Fsp3) is 0.250. The highest BCUT2D eigenvalue weighted by molar-refractivity contribution is 5.97. The molecule has 1 saturated heterocycles. The smallest absolute Gasteiger partial charge is 0.267 e. The van der Waals surface area contributed by atoms with E-state index in [1.165, 1.54) is 0 Å². The summed E-state index contributed by atoms with van der Waals surface area (Å²) in [5.41, 5.74) is 4.88. The van der Waals surface area contributed by atoms with Gasteiger partial charge in [0.25, 0.3) is 11.5 Å². The van der Waals surface area contributed by atoms with Crippen LogP contribution in [-0.2, 0) is 11.3 Å². The fourth-order valence-corrected chi connectivity index (χ4v) is 4.27. The van der Waals surface area contributed by atoms with Crippen LogP contribution in [0, 0.1) is 13.8 Å². The zero-order valence-electron chi connectivity index (χ0n) is 20.0. The second-order valence-corrected chi connectivity index (χ2v) is 8.82. The summed E-state index contributed by atoms with van der Waals surface area (Å²) >= 11 is 0. The molecule has 1 amide bonds. The van der Waals surface area contributed by atoms with Crippen molar-refractivity contribution in [1.29, 1.82) is 0 Å². The summed E-state index contributed by atoms with van der Waals surface area (Å²) in [7, 11) is 0. The van der Waals surface area contributed by atoms with Crippen molar-refractivity contribution in [2.45, 2.75) is 20.4 Å². The molecular formula is C28H28N4O3. The van der Waals surface area contributed by atoms with E-state index < -0.39 is 0 Å². The number of hydrogen-bond acceptors (Lipinski definition) is 5. The molecule has 2 heterocycles. The van der Waals surface area contributed by atoms with E-state index in [0.29, 0.717) is 55.3 Å². The number of amides is 1. The zero-order valence-corrected chi connectivity index (χ0v) is 20.0. The summed E-state index contributed by atoms with van der Waals surface area (Å²) in [6, 6.07) is 20.8. The first-order chi connectivity index (χ1) is 17.0. The molecule has 1 fully saturated rings. The quantitative estimate of drug-likeness (QED) is 0.483. The highest BCUT2D eigenvalue weighted by Gasteiger charge is 2.21. The van der Waals surface area contributed by atoms with Gasteiger partial charge in [0.05, 0.1) is 29.8 Å². The predicted molar refractivity (Wildman–Crippen MR) is 137 cm³/mol. The number of hydrogen-bond donors (Lipinski definition) is 1. The molecule has 1 aliphatic rings. The number of aromatic nitrogens is 2. The maximum absolute atomic E-state index is 13.7. The van der Waals surface area contributed by atoms with E-state index in [0.717, 1.165) is 22.4 Å². The molecule has 1 N–H and O–H groups in total.